The molecule has 0 aromatic heterocycles. The molecule has 0 spiro atoms. The van der Waals surface area contributed by atoms with Gasteiger partial charge < -0.3 is 10.4 Å². The van der Waals surface area contributed by atoms with Crippen LogP contribution in [0.3, 0.4) is 0 Å². The van der Waals surface area contributed by atoms with Gasteiger partial charge in [-0.15, -0.1) is 0 Å². The zero-order chi connectivity index (χ0) is 14.0. The Morgan fingerprint density at radius 1 is 1.53 bits per heavy atom. The van der Waals surface area contributed by atoms with Crippen LogP contribution >= 0.6 is 0 Å². The van der Waals surface area contributed by atoms with E-state index >= 15 is 0 Å². The van der Waals surface area contributed by atoms with Crippen molar-refractivity contribution in [1.82, 2.24) is 10.2 Å². The molecule has 1 aromatic carbocycles. The molecule has 1 atom stereocenters. The van der Waals surface area contributed by atoms with Gasteiger partial charge in [-0.2, -0.15) is 0 Å². The predicted molar refractivity (Wildman–Crippen MR) is 66.2 cm³/mol. The minimum Gasteiger partial charge on any atom is -0.465 e. The second-order valence-electron chi connectivity index (χ2n) is 4.55. The van der Waals surface area contributed by atoms with Gasteiger partial charge in [0.2, 0.25) is 5.91 Å². The third-order valence-corrected chi connectivity index (χ3v) is 3.29. The molecule has 1 aliphatic heterocycles. The fraction of sp³-hybridized carbons (Fsp3) is 0.385. The summed E-state index contributed by atoms with van der Waals surface area (Å²) in [6, 6.07) is 3.75. The van der Waals surface area contributed by atoms with Gasteiger partial charge in [0.05, 0.1) is 6.04 Å². The number of nitrogens with zero attached hydrogens (tertiary/aromatic N) is 1. The maximum Gasteiger partial charge on any atom is 0.407 e. The Hall–Kier alpha value is -2.11. The highest BCUT2D eigenvalue weighted by Gasteiger charge is 2.29. The second-order valence-corrected chi connectivity index (χ2v) is 4.55. The summed E-state index contributed by atoms with van der Waals surface area (Å²) in [5.41, 5.74) is 1.39. The number of rotatable bonds is 1. The highest BCUT2D eigenvalue weighted by Crippen LogP contribution is 2.25. The molecule has 0 saturated carbocycles. The van der Waals surface area contributed by atoms with Crippen molar-refractivity contribution >= 4 is 12.0 Å². The molecule has 1 heterocycles. The zero-order valence-electron chi connectivity index (χ0n) is 10.5. The Labute approximate surface area is 110 Å². The molecule has 2 rings (SSSR count). The molecule has 102 valence electrons. The molecule has 5 nitrogen and oxygen atoms in total. The number of hydrogen-bond donors (Lipinski definition) is 2. The molecule has 1 aromatic rings. The van der Waals surface area contributed by atoms with Crippen molar-refractivity contribution < 1.29 is 19.1 Å². The summed E-state index contributed by atoms with van der Waals surface area (Å²) < 4.78 is 13.1. The van der Waals surface area contributed by atoms with E-state index in [0.29, 0.717) is 11.1 Å². The minimum atomic E-state index is -1.08. The summed E-state index contributed by atoms with van der Waals surface area (Å²) in [6.07, 6.45) is -0.937. The third kappa shape index (κ3) is 2.83. The molecule has 1 saturated heterocycles. The van der Waals surface area contributed by atoms with Gasteiger partial charge in [0.15, 0.2) is 0 Å². The smallest absolute Gasteiger partial charge is 0.407 e. The average molecular weight is 266 g/mol. The van der Waals surface area contributed by atoms with Crippen LogP contribution in [0.15, 0.2) is 18.2 Å². The molecular formula is C13H15FN2O3. The first-order valence-electron chi connectivity index (χ1n) is 6.01. The number of halogens is 1. The Bertz CT molecular complexity index is 519. The van der Waals surface area contributed by atoms with E-state index in [9.17, 15) is 19.1 Å². The molecule has 2 amide bonds. The van der Waals surface area contributed by atoms with Crippen LogP contribution in [0.5, 0.6) is 0 Å². The van der Waals surface area contributed by atoms with E-state index in [2.05, 4.69) is 5.32 Å². The highest BCUT2D eigenvalue weighted by atomic mass is 19.1. The first kappa shape index (κ1) is 13.3. The van der Waals surface area contributed by atoms with Gasteiger partial charge in [-0.3, -0.25) is 9.69 Å². The fourth-order valence-electron chi connectivity index (χ4n) is 2.31. The normalized spacial score (nSPS) is 19.8. The van der Waals surface area contributed by atoms with Crippen molar-refractivity contribution in [3.63, 3.8) is 0 Å². The topological polar surface area (TPSA) is 69.6 Å². The SMILES string of the molecule is Cc1cc(F)ccc1[C@H]1CNC(=O)CCN1C(=O)O. The van der Waals surface area contributed by atoms with Gasteiger partial charge in [0.1, 0.15) is 5.82 Å². The lowest BCUT2D eigenvalue weighted by molar-refractivity contribution is -0.120. The zero-order valence-corrected chi connectivity index (χ0v) is 10.5. The number of nitrogens with one attached hydrogen (secondary N) is 1. The quantitative estimate of drug-likeness (QED) is 0.812. The molecule has 0 aliphatic carbocycles. The van der Waals surface area contributed by atoms with Crippen molar-refractivity contribution in [2.45, 2.75) is 19.4 Å². The van der Waals surface area contributed by atoms with Gasteiger partial charge in [-0.05, 0) is 30.2 Å². The van der Waals surface area contributed by atoms with Gasteiger partial charge in [0, 0.05) is 19.5 Å². The second kappa shape index (κ2) is 5.26. The Balaban J connectivity index is 2.37. The third-order valence-electron chi connectivity index (χ3n) is 3.29. The first-order chi connectivity index (χ1) is 8.99. The number of benzene rings is 1. The van der Waals surface area contributed by atoms with Crippen LogP contribution < -0.4 is 5.32 Å². The summed E-state index contributed by atoms with van der Waals surface area (Å²) in [6.45, 7) is 2.07. The van der Waals surface area contributed by atoms with Crippen molar-refractivity contribution in [3.05, 3.63) is 35.1 Å². The van der Waals surface area contributed by atoms with Crippen LogP contribution in [0, 0.1) is 12.7 Å². The van der Waals surface area contributed by atoms with E-state index in [1.165, 1.54) is 17.0 Å². The standard InChI is InChI=1S/C13H15FN2O3/c1-8-6-9(14)2-3-10(8)11-7-15-12(17)4-5-16(11)13(18)19/h2-3,6,11H,4-5,7H2,1H3,(H,15,17)(H,18,19)/t11-/m1/s1. The Morgan fingerprint density at radius 3 is 2.89 bits per heavy atom. The summed E-state index contributed by atoms with van der Waals surface area (Å²) in [4.78, 5) is 23.9. The number of carboxylic acid groups (broad SMARTS) is 1. The molecular weight excluding hydrogens is 251 g/mol. The molecule has 6 heteroatoms. The summed E-state index contributed by atoms with van der Waals surface area (Å²) >= 11 is 0. The lowest BCUT2D eigenvalue weighted by Crippen LogP contribution is -2.37. The van der Waals surface area contributed by atoms with E-state index in [1.54, 1.807) is 13.0 Å². The summed E-state index contributed by atoms with van der Waals surface area (Å²) in [5, 5.41) is 11.9. The lowest BCUT2D eigenvalue weighted by atomic mass is 10.00. The maximum absolute atomic E-state index is 13.1. The largest absolute Gasteiger partial charge is 0.465 e. The monoisotopic (exact) mass is 266 g/mol. The van der Waals surface area contributed by atoms with E-state index in [-0.39, 0.29) is 31.2 Å². The Kier molecular flexibility index (Phi) is 3.69. The number of amides is 2. The summed E-state index contributed by atoms with van der Waals surface area (Å²) in [5.74, 6) is -0.533. The predicted octanol–water partition coefficient (Wildman–Crippen LogP) is 1.68. The molecule has 1 fully saturated rings. The molecule has 2 N–H and O–H groups in total. The van der Waals surface area contributed by atoms with E-state index in [4.69, 9.17) is 0 Å². The van der Waals surface area contributed by atoms with Crippen LogP contribution in [-0.4, -0.2) is 35.1 Å². The van der Waals surface area contributed by atoms with Gasteiger partial charge in [-0.1, -0.05) is 6.07 Å². The average Bonchev–Trinajstić information content (AvgIpc) is 2.51. The Morgan fingerprint density at radius 2 is 2.26 bits per heavy atom. The minimum absolute atomic E-state index is 0.142. The molecule has 0 bridgehead atoms. The van der Waals surface area contributed by atoms with Crippen molar-refractivity contribution in [1.29, 1.82) is 0 Å². The van der Waals surface area contributed by atoms with Gasteiger partial charge in [0.25, 0.3) is 0 Å². The van der Waals surface area contributed by atoms with Crippen molar-refractivity contribution in [3.8, 4) is 0 Å². The maximum atomic E-state index is 13.1. The fourth-order valence-corrected chi connectivity index (χ4v) is 2.31. The van der Waals surface area contributed by atoms with Crippen molar-refractivity contribution in [2.24, 2.45) is 0 Å². The number of aryl methyl sites for hydroxylation is 1. The van der Waals surface area contributed by atoms with Gasteiger partial charge in [-0.25, -0.2) is 9.18 Å². The first-order valence-corrected chi connectivity index (χ1v) is 6.01. The highest BCUT2D eigenvalue weighted by molar-refractivity contribution is 5.78. The van der Waals surface area contributed by atoms with Crippen LogP contribution in [0.1, 0.15) is 23.6 Å². The van der Waals surface area contributed by atoms with Crippen LogP contribution in [0.25, 0.3) is 0 Å². The van der Waals surface area contributed by atoms with Gasteiger partial charge >= 0.3 is 6.09 Å². The molecule has 1 aliphatic rings. The van der Waals surface area contributed by atoms with E-state index in [1.807, 2.05) is 0 Å². The number of carbonyl (C=O) groups is 2. The van der Waals surface area contributed by atoms with Crippen LogP contribution in [0.4, 0.5) is 9.18 Å². The molecule has 0 unspecified atom stereocenters. The molecule has 0 radical (unpaired) electrons. The van der Waals surface area contributed by atoms with Crippen molar-refractivity contribution in [2.75, 3.05) is 13.1 Å². The van der Waals surface area contributed by atoms with E-state index in [0.717, 1.165) is 0 Å². The number of carbonyl (C=O) groups excluding carboxylic acids is 1. The lowest BCUT2D eigenvalue weighted by Gasteiger charge is -2.28. The van der Waals surface area contributed by atoms with E-state index < -0.39 is 12.1 Å². The van der Waals surface area contributed by atoms with Crippen LogP contribution in [-0.2, 0) is 4.79 Å². The number of hydrogen-bond acceptors (Lipinski definition) is 2. The molecule has 19 heavy (non-hydrogen) atoms. The van der Waals surface area contributed by atoms with Crippen LogP contribution in [0.2, 0.25) is 0 Å². The summed E-state index contributed by atoms with van der Waals surface area (Å²) in [7, 11) is 0.